The smallest absolute Gasteiger partial charge is 0.339 e. The third-order valence-electron chi connectivity index (χ3n) is 3.30. The van der Waals surface area contributed by atoms with E-state index in [1.54, 1.807) is 31.2 Å². The van der Waals surface area contributed by atoms with Crippen molar-refractivity contribution in [1.29, 1.82) is 5.26 Å². The molecule has 24 heavy (non-hydrogen) atoms. The lowest BCUT2D eigenvalue weighted by molar-refractivity contribution is -0.144. The average molecular weight is 328 g/mol. The number of carbonyl (C=O) groups is 2. The number of rotatable bonds is 6. The molecule has 0 bridgehead atoms. The Morgan fingerprint density at radius 3 is 2.54 bits per heavy atom. The van der Waals surface area contributed by atoms with E-state index in [0.29, 0.717) is 11.3 Å². The summed E-state index contributed by atoms with van der Waals surface area (Å²) in [6.45, 7) is 3.36. The first-order valence-electron chi connectivity index (χ1n) is 7.23. The monoisotopic (exact) mass is 328 g/mol. The van der Waals surface area contributed by atoms with Crippen LogP contribution >= 0.6 is 0 Å². The van der Waals surface area contributed by atoms with Gasteiger partial charge < -0.3 is 19.6 Å². The number of hydrogen-bond donors (Lipinski definition) is 2. The highest BCUT2D eigenvalue weighted by molar-refractivity contribution is 5.89. The van der Waals surface area contributed by atoms with Crippen LogP contribution < -0.4 is 5.32 Å². The second-order valence-electron chi connectivity index (χ2n) is 4.94. The van der Waals surface area contributed by atoms with Crippen molar-refractivity contribution >= 4 is 17.6 Å². The molecule has 0 aliphatic heterocycles. The van der Waals surface area contributed by atoms with Gasteiger partial charge in [-0.05, 0) is 44.2 Å². The van der Waals surface area contributed by atoms with E-state index in [0.717, 1.165) is 0 Å². The Morgan fingerprint density at radius 1 is 1.38 bits per heavy atom. The molecule has 0 saturated carbocycles. The molecule has 0 fully saturated rings. The summed E-state index contributed by atoms with van der Waals surface area (Å²) in [4.78, 5) is 23.4. The second-order valence-corrected chi connectivity index (χ2v) is 4.94. The van der Waals surface area contributed by atoms with Crippen molar-refractivity contribution in [2.45, 2.75) is 19.9 Å². The number of carboxylic acid groups (broad SMARTS) is 1. The normalized spacial score (nSPS) is 11.4. The first kappa shape index (κ1) is 17.1. The van der Waals surface area contributed by atoms with E-state index < -0.39 is 18.0 Å². The van der Waals surface area contributed by atoms with Crippen LogP contribution in [0, 0.1) is 18.3 Å². The Kier molecular flexibility index (Phi) is 5.22. The van der Waals surface area contributed by atoms with Crippen LogP contribution in [-0.2, 0) is 9.53 Å². The number of anilines is 1. The predicted octanol–water partition coefficient (Wildman–Crippen LogP) is 2.87. The molecule has 1 unspecified atom stereocenters. The number of benzene rings is 1. The number of carboxylic acids is 1. The molecule has 0 amide bonds. The summed E-state index contributed by atoms with van der Waals surface area (Å²) in [6, 6.07) is 8.78. The summed E-state index contributed by atoms with van der Waals surface area (Å²) in [5.74, 6) is -1.38. The summed E-state index contributed by atoms with van der Waals surface area (Å²) >= 11 is 0. The van der Waals surface area contributed by atoms with E-state index in [-0.39, 0.29) is 23.7 Å². The average Bonchev–Trinajstić information content (AvgIpc) is 2.95. The summed E-state index contributed by atoms with van der Waals surface area (Å²) in [5.41, 5.74) is 1.04. The highest BCUT2D eigenvalue weighted by Gasteiger charge is 2.28. The van der Waals surface area contributed by atoms with Gasteiger partial charge in [0.15, 0.2) is 6.04 Å². The van der Waals surface area contributed by atoms with Gasteiger partial charge in [0.05, 0.1) is 18.2 Å². The molecule has 2 N–H and O–H groups in total. The largest absolute Gasteiger partial charge is 0.478 e. The molecule has 1 aromatic carbocycles. The summed E-state index contributed by atoms with van der Waals surface area (Å²) in [5, 5.41) is 20.9. The first-order chi connectivity index (χ1) is 11.5. The van der Waals surface area contributed by atoms with Crippen molar-refractivity contribution in [3.8, 4) is 6.07 Å². The molecule has 0 saturated heterocycles. The number of aryl methyl sites for hydroxylation is 1. The Balaban J connectivity index is 2.34. The number of esters is 1. The van der Waals surface area contributed by atoms with E-state index in [4.69, 9.17) is 19.5 Å². The molecule has 0 aliphatic rings. The molecule has 2 rings (SSSR count). The van der Waals surface area contributed by atoms with Gasteiger partial charge in [-0.3, -0.25) is 0 Å². The molecule has 7 nitrogen and oxygen atoms in total. The zero-order valence-corrected chi connectivity index (χ0v) is 13.2. The van der Waals surface area contributed by atoms with Crippen LogP contribution in [0.3, 0.4) is 0 Å². The standard InChI is InChI=1S/C17H16N2O5/c1-3-23-17(22)15(14-8-13(16(20)21)10(2)24-14)19-12-6-4-11(9-18)5-7-12/h4-8,15,19H,3H2,1-2H3,(H,20,21). The maximum absolute atomic E-state index is 12.2. The van der Waals surface area contributed by atoms with Crippen LogP contribution in [0.4, 0.5) is 5.69 Å². The lowest BCUT2D eigenvalue weighted by Crippen LogP contribution is -2.23. The Labute approximate surface area is 138 Å². The predicted molar refractivity (Wildman–Crippen MR) is 84.6 cm³/mol. The summed E-state index contributed by atoms with van der Waals surface area (Å²) in [7, 11) is 0. The topological polar surface area (TPSA) is 113 Å². The van der Waals surface area contributed by atoms with Gasteiger partial charge in [-0.1, -0.05) is 0 Å². The van der Waals surface area contributed by atoms with Crippen LogP contribution in [0.2, 0.25) is 0 Å². The van der Waals surface area contributed by atoms with Crippen LogP contribution in [0.5, 0.6) is 0 Å². The van der Waals surface area contributed by atoms with E-state index in [2.05, 4.69) is 5.32 Å². The highest BCUT2D eigenvalue weighted by atomic mass is 16.5. The van der Waals surface area contributed by atoms with Gasteiger partial charge in [0.1, 0.15) is 17.1 Å². The first-order valence-corrected chi connectivity index (χ1v) is 7.23. The van der Waals surface area contributed by atoms with Crippen molar-refractivity contribution in [3.63, 3.8) is 0 Å². The van der Waals surface area contributed by atoms with Crippen LogP contribution in [0.15, 0.2) is 34.7 Å². The minimum Gasteiger partial charge on any atom is -0.478 e. The number of furan rings is 1. The molecule has 124 valence electrons. The van der Waals surface area contributed by atoms with Gasteiger partial charge in [0.25, 0.3) is 0 Å². The van der Waals surface area contributed by atoms with E-state index >= 15 is 0 Å². The van der Waals surface area contributed by atoms with Gasteiger partial charge >= 0.3 is 11.9 Å². The number of aromatic carboxylic acids is 1. The molecule has 1 aromatic heterocycles. The van der Waals surface area contributed by atoms with E-state index in [9.17, 15) is 9.59 Å². The maximum atomic E-state index is 12.2. The molecule has 2 aromatic rings. The Morgan fingerprint density at radius 2 is 2.04 bits per heavy atom. The van der Waals surface area contributed by atoms with Crippen molar-refractivity contribution in [2.75, 3.05) is 11.9 Å². The van der Waals surface area contributed by atoms with Crippen molar-refractivity contribution in [1.82, 2.24) is 0 Å². The van der Waals surface area contributed by atoms with Crippen LogP contribution in [-0.4, -0.2) is 23.7 Å². The third kappa shape index (κ3) is 3.73. The quantitative estimate of drug-likeness (QED) is 0.784. The van der Waals surface area contributed by atoms with Gasteiger partial charge in [-0.15, -0.1) is 0 Å². The van der Waals surface area contributed by atoms with Gasteiger partial charge in [-0.25, -0.2) is 9.59 Å². The summed E-state index contributed by atoms with van der Waals surface area (Å²) < 4.78 is 10.5. The zero-order chi connectivity index (χ0) is 17.7. The summed E-state index contributed by atoms with van der Waals surface area (Å²) in [6.07, 6.45) is 0. The number of ether oxygens (including phenoxy) is 1. The number of nitriles is 1. The van der Waals surface area contributed by atoms with Crippen LogP contribution in [0.1, 0.15) is 40.4 Å². The van der Waals surface area contributed by atoms with Crippen molar-refractivity contribution < 1.29 is 23.8 Å². The fraction of sp³-hybridized carbons (Fsp3) is 0.235. The SMILES string of the molecule is CCOC(=O)C(Nc1ccc(C#N)cc1)c1cc(C(=O)O)c(C)o1. The van der Waals surface area contributed by atoms with Gasteiger partial charge in [0.2, 0.25) is 0 Å². The van der Waals surface area contributed by atoms with Crippen LogP contribution in [0.25, 0.3) is 0 Å². The molecule has 0 spiro atoms. The molecule has 0 radical (unpaired) electrons. The number of nitrogens with one attached hydrogen (secondary N) is 1. The molecule has 1 heterocycles. The Hall–Kier alpha value is -3.27. The van der Waals surface area contributed by atoms with E-state index in [1.807, 2.05) is 6.07 Å². The second kappa shape index (κ2) is 7.33. The van der Waals surface area contributed by atoms with Crippen molar-refractivity contribution in [2.24, 2.45) is 0 Å². The van der Waals surface area contributed by atoms with Gasteiger partial charge in [-0.2, -0.15) is 5.26 Å². The minimum absolute atomic E-state index is 0.0130. The maximum Gasteiger partial charge on any atom is 0.339 e. The number of nitrogens with zero attached hydrogens (tertiary/aromatic N) is 1. The fourth-order valence-corrected chi connectivity index (χ4v) is 2.14. The number of carbonyl (C=O) groups excluding carboxylic acids is 1. The fourth-order valence-electron chi connectivity index (χ4n) is 2.14. The van der Waals surface area contributed by atoms with Gasteiger partial charge in [0, 0.05) is 5.69 Å². The van der Waals surface area contributed by atoms with E-state index in [1.165, 1.54) is 13.0 Å². The highest BCUT2D eigenvalue weighted by Crippen LogP contribution is 2.26. The molecule has 1 atom stereocenters. The minimum atomic E-state index is -1.14. The molecule has 7 heteroatoms. The molecular formula is C17H16N2O5. The zero-order valence-electron chi connectivity index (χ0n) is 13.2. The molecular weight excluding hydrogens is 312 g/mol. The lowest BCUT2D eigenvalue weighted by atomic mass is 10.1. The molecule has 0 aliphatic carbocycles. The Bertz CT molecular complexity index is 786. The number of hydrogen-bond acceptors (Lipinski definition) is 6. The third-order valence-corrected chi connectivity index (χ3v) is 3.30. The lowest BCUT2D eigenvalue weighted by Gasteiger charge is -2.16. The van der Waals surface area contributed by atoms with Crippen molar-refractivity contribution in [3.05, 3.63) is 53.0 Å².